The van der Waals surface area contributed by atoms with E-state index in [9.17, 15) is 4.79 Å². The standard InChI is InChI=1S/C22H19NO3/c1-16-21(26-20-15-9-8-14-19(20)25-16)22(24)23(17-10-4-2-5-11-17)18-12-6-3-7-13-18/h2-16,21H,1H3/t16-,21-/m0/s1. The van der Waals surface area contributed by atoms with Crippen LogP contribution in [0.15, 0.2) is 84.9 Å². The maximum absolute atomic E-state index is 13.4. The van der Waals surface area contributed by atoms with E-state index in [-0.39, 0.29) is 5.91 Å². The summed E-state index contributed by atoms with van der Waals surface area (Å²) in [5.41, 5.74) is 1.58. The number of carbonyl (C=O) groups is 1. The molecular weight excluding hydrogens is 326 g/mol. The molecule has 0 fully saturated rings. The second kappa shape index (κ2) is 6.92. The van der Waals surface area contributed by atoms with E-state index >= 15 is 0 Å². The predicted octanol–water partition coefficient (Wildman–Crippen LogP) is 4.58. The third-order valence-corrected chi connectivity index (χ3v) is 4.33. The Balaban J connectivity index is 1.71. The molecule has 0 aliphatic carbocycles. The highest BCUT2D eigenvalue weighted by Crippen LogP contribution is 2.35. The van der Waals surface area contributed by atoms with Gasteiger partial charge in [0.15, 0.2) is 11.5 Å². The van der Waals surface area contributed by atoms with E-state index in [1.165, 1.54) is 0 Å². The minimum Gasteiger partial charge on any atom is -0.482 e. The fourth-order valence-electron chi connectivity index (χ4n) is 3.08. The van der Waals surface area contributed by atoms with Crippen LogP contribution in [0.4, 0.5) is 11.4 Å². The summed E-state index contributed by atoms with van der Waals surface area (Å²) >= 11 is 0. The molecule has 3 aromatic rings. The van der Waals surface area contributed by atoms with Crippen molar-refractivity contribution >= 4 is 17.3 Å². The summed E-state index contributed by atoms with van der Waals surface area (Å²) in [5.74, 6) is 1.09. The molecule has 4 nitrogen and oxygen atoms in total. The molecule has 4 rings (SSSR count). The molecule has 0 unspecified atom stereocenters. The van der Waals surface area contributed by atoms with Gasteiger partial charge in [-0.3, -0.25) is 9.69 Å². The second-order valence-corrected chi connectivity index (χ2v) is 6.15. The highest BCUT2D eigenvalue weighted by molar-refractivity contribution is 6.03. The van der Waals surface area contributed by atoms with Crippen LogP contribution >= 0.6 is 0 Å². The van der Waals surface area contributed by atoms with Crippen molar-refractivity contribution in [3.63, 3.8) is 0 Å². The smallest absolute Gasteiger partial charge is 0.276 e. The van der Waals surface area contributed by atoms with E-state index in [2.05, 4.69) is 0 Å². The van der Waals surface area contributed by atoms with Crippen LogP contribution in [0.2, 0.25) is 0 Å². The topological polar surface area (TPSA) is 38.8 Å². The normalized spacial score (nSPS) is 18.2. The number of nitrogens with zero attached hydrogens (tertiary/aromatic N) is 1. The zero-order valence-electron chi connectivity index (χ0n) is 14.4. The van der Waals surface area contributed by atoms with Crippen molar-refractivity contribution in [2.45, 2.75) is 19.1 Å². The average Bonchev–Trinajstić information content (AvgIpc) is 2.69. The highest BCUT2D eigenvalue weighted by atomic mass is 16.6. The van der Waals surface area contributed by atoms with Crippen LogP contribution in [0.25, 0.3) is 0 Å². The van der Waals surface area contributed by atoms with E-state index in [0.29, 0.717) is 11.5 Å². The third-order valence-electron chi connectivity index (χ3n) is 4.33. The molecule has 0 radical (unpaired) electrons. The third kappa shape index (κ3) is 3.02. The Hall–Kier alpha value is -3.27. The van der Waals surface area contributed by atoms with Gasteiger partial charge in [0.25, 0.3) is 5.91 Å². The molecule has 0 spiro atoms. The van der Waals surface area contributed by atoms with Crippen molar-refractivity contribution in [1.29, 1.82) is 0 Å². The summed E-state index contributed by atoms with van der Waals surface area (Å²) in [4.78, 5) is 15.1. The first-order valence-corrected chi connectivity index (χ1v) is 8.60. The maximum Gasteiger partial charge on any atom is 0.276 e. The van der Waals surface area contributed by atoms with Gasteiger partial charge in [0.05, 0.1) is 0 Å². The largest absolute Gasteiger partial charge is 0.482 e. The number of benzene rings is 3. The number of amides is 1. The lowest BCUT2D eigenvalue weighted by molar-refractivity contribution is -0.129. The fourth-order valence-corrected chi connectivity index (χ4v) is 3.08. The van der Waals surface area contributed by atoms with Gasteiger partial charge in [0.2, 0.25) is 6.10 Å². The first-order valence-electron chi connectivity index (χ1n) is 8.60. The molecule has 0 bridgehead atoms. The molecule has 3 aromatic carbocycles. The Morgan fingerprint density at radius 1 is 0.731 bits per heavy atom. The maximum atomic E-state index is 13.4. The SMILES string of the molecule is C[C@@H]1Oc2ccccc2O[C@@H]1C(=O)N(c1ccccc1)c1ccccc1. The van der Waals surface area contributed by atoms with Gasteiger partial charge in [0, 0.05) is 11.4 Å². The zero-order chi connectivity index (χ0) is 17.9. The van der Waals surface area contributed by atoms with Crippen molar-refractivity contribution in [3.05, 3.63) is 84.9 Å². The molecule has 0 aromatic heterocycles. The fraction of sp³-hybridized carbons (Fsp3) is 0.136. The lowest BCUT2D eigenvalue weighted by Gasteiger charge is -2.34. The number of ether oxygens (including phenoxy) is 2. The Bertz CT molecular complexity index is 856. The van der Waals surface area contributed by atoms with Crippen LogP contribution in [-0.2, 0) is 4.79 Å². The lowest BCUT2D eigenvalue weighted by Crippen LogP contribution is -2.49. The number of anilines is 2. The van der Waals surface area contributed by atoms with Crippen molar-refractivity contribution in [2.24, 2.45) is 0 Å². The summed E-state index contributed by atoms with van der Waals surface area (Å²) in [6.45, 7) is 1.85. The van der Waals surface area contributed by atoms with Crippen LogP contribution in [0, 0.1) is 0 Å². The molecule has 0 saturated heterocycles. The summed E-state index contributed by atoms with van der Waals surface area (Å²) in [7, 11) is 0. The molecule has 1 aliphatic rings. The Kier molecular flexibility index (Phi) is 4.32. The first kappa shape index (κ1) is 16.2. The highest BCUT2D eigenvalue weighted by Gasteiger charge is 2.37. The van der Waals surface area contributed by atoms with E-state index in [4.69, 9.17) is 9.47 Å². The summed E-state index contributed by atoms with van der Waals surface area (Å²) in [5, 5.41) is 0. The number of para-hydroxylation sites is 4. The van der Waals surface area contributed by atoms with Crippen molar-refractivity contribution in [1.82, 2.24) is 0 Å². The minimum absolute atomic E-state index is 0.163. The van der Waals surface area contributed by atoms with Gasteiger partial charge >= 0.3 is 0 Å². The molecular formula is C22H19NO3. The molecule has 4 heteroatoms. The first-order chi connectivity index (χ1) is 12.7. The summed E-state index contributed by atoms with van der Waals surface area (Å²) in [6, 6.07) is 26.6. The number of fused-ring (bicyclic) bond motifs is 1. The van der Waals surface area contributed by atoms with Crippen molar-refractivity contribution in [3.8, 4) is 11.5 Å². The molecule has 2 atom stereocenters. The van der Waals surface area contributed by atoms with Gasteiger partial charge in [-0.15, -0.1) is 0 Å². The van der Waals surface area contributed by atoms with Gasteiger partial charge in [0.1, 0.15) is 6.10 Å². The average molecular weight is 345 g/mol. The van der Waals surface area contributed by atoms with Crippen LogP contribution in [0.3, 0.4) is 0 Å². The molecule has 26 heavy (non-hydrogen) atoms. The molecule has 1 aliphatic heterocycles. The van der Waals surface area contributed by atoms with Gasteiger partial charge in [-0.2, -0.15) is 0 Å². The molecule has 130 valence electrons. The number of hydrogen-bond donors (Lipinski definition) is 0. The van der Waals surface area contributed by atoms with Gasteiger partial charge in [-0.05, 0) is 43.3 Å². The number of rotatable bonds is 3. The summed E-state index contributed by atoms with van der Waals surface area (Å²) in [6.07, 6.45) is -1.13. The van der Waals surface area contributed by atoms with Crippen molar-refractivity contribution in [2.75, 3.05) is 4.90 Å². The number of carbonyl (C=O) groups excluding carboxylic acids is 1. The molecule has 1 amide bonds. The van der Waals surface area contributed by atoms with E-state index < -0.39 is 12.2 Å². The second-order valence-electron chi connectivity index (χ2n) is 6.15. The van der Waals surface area contributed by atoms with Gasteiger partial charge < -0.3 is 9.47 Å². The molecule has 0 N–H and O–H groups in total. The molecule has 1 heterocycles. The zero-order valence-corrected chi connectivity index (χ0v) is 14.4. The van der Waals surface area contributed by atoms with E-state index in [0.717, 1.165) is 11.4 Å². The summed E-state index contributed by atoms with van der Waals surface area (Å²) < 4.78 is 11.9. The predicted molar refractivity (Wildman–Crippen MR) is 101 cm³/mol. The number of hydrogen-bond acceptors (Lipinski definition) is 3. The van der Waals surface area contributed by atoms with Crippen LogP contribution in [-0.4, -0.2) is 18.1 Å². The van der Waals surface area contributed by atoms with E-state index in [1.807, 2.05) is 91.9 Å². The Labute approximate surface area is 152 Å². The monoisotopic (exact) mass is 345 g/mol. The van der Waals surface area contributed by atoms with Crippen LogP contribution in [0.5, 0.6) is 11.5 Å². The van der Waals surface area contributed by atoms with Gasteiger partial charge in [-0.1, -0.05) is 48.5 Å². The Morgan fingerprint density at radius 2 is 1.19 bits per heavy atom. The molecule has 0 saturated carbocycles. The quantitative estimate of drug-likeness (QED) is 0.697. The van der Waals surface area contributed by atoms with Crippen LogP contribution < -0.4 is 14.4 Å². The van der Waals surface area contributed by atoms with Crippen LogP contribution in [0.1, 0.15) is 6.92 Å². The van der Waals surface area contributed by atoms with E-state index in [1.54, 1.807) is 4.90 Å². The van der Waals surface area contributed by atoms with Crippen molar-refractivity contribution < 1.29 is 14.3 Å². The van der Waals surface area contributed by atoms with Gasteiger partial charge in [-0.25, -0.2) is 0 Å². The Morgan fingerprint density at radius 3 is 1.73 bits per heavy atom. The minimum atomic E-state index is -0.731. The lowest BCUT2D eigenvalue weighted by atomic mass is 10.1.